The maximum absolute atomic E-state index is 13.4. The van der Waals surface area contributed by atoms with Crippen LogP contribution in [0.2, 0.25) is 0 Å². The number of carbonyl (C=O) groups excluding carboxylic acids is 1. The fourth-order valence-corrected chi connectivity index (χ4v) is 3.24. The van der Waals surface area contributed by atoms with Crippen LogP contribution in [-0.4, -0.2) is 35.8 Å². The lowest BCUT2D eigenvalue weighted by Gasteiger charge is -2.29. The van der Waals surface area contributed by atoms with Gasteiger partial charge in [0.05, 0.1) is 7.11 Å². The molecule has 0 radical (unpaired) electrons. The first kappa shape index (κ1) is 15.3. The van der Waals surface area contributed by atoms with Gasteiger partial charge < -0.3 is 9.64 Å². The molecule has 1 amide bonds. The van der Waals surface area contributed by atoms with Crippen LogP contribution < -0.4 is 4.74 Å². The molecule has 1 aliphatic heterocycles. The first-order valence-electron chi connectivity index (χ1n) is 6.88. The molecule has 0 aromatic heterocycles. The van der Waals surface area contributed by atoms with Crippen molar-refractivity contribution in [2.75, 3.05) is 19.0 Å². The highest BCUT2D eigenvalue weighted by Crippen LogP contribution is 2.23. The molecule has 1 aliphatic rings. The molecular formula is C15H19BrFNO2. The van der Waals surface area contributed by atoms with Crippen molar-refractivity contribution in [1.29, 1.82) is 0 Å². The topological polar surface area (TPSA) is 29.5 Å². The lowest BCUT2D eigenvalue weighted by atomic mass is 10.1. The van der Waals surface area contributed by atoms with E-state index < -0.39 is 5.82 Å². The van der Waals surface area contributed by atoms with E-state index in [-0.39, 0.29) is 17.7 Å². The standard InChI is InChI=1S/C15H19BrFNO2/c1-20-14-9-11(6-7-13(14)17)15(19)18-8-4-2-3-5-12(18)10-16/h6-7,9,12H,2-5,8,10H2,1H3. The van der Waals surface area contributed by atoms with Crippen LogP contribution in [0.5, 0.6) is 5.75 Å². The van der Waals surface area contributed by atoms with Crippen molar-refractivity contribution in [3.63, 3.8) is 0 Å². The minimum Gasteiger partial charge on any atom is -0.494 e. The molecule has 1 heterocycles. The smallest absolute Gasteiger partial charge is 0.254 e. The van der Waals surface area contributed by atoms with Crippen molar-refractivity contribution >= 4 is 21.8 Å². The predicted molar refractivity (Wildman–Crippen MR) is 80.0 cm³/mol. The number of methoxy groups -OCH3 is 1. The largest absolute Gasteiger partial charge is 0.494 e. The van der Waals surface area contributed by atoms with Gasteiger partial charge in [0, 0.05) is 23.5 Å². The van der Waals surface area contributed by atoms with Gasteiger partial charge in [-0.1, -0.05) is 28.8 Å². The zero-order valence-corrected chi connectivity index (χ0v) is 13.2. The second-order valence-electron chi connectivity index (χ2n) is 5.01. The van der Waals surface area contributed by atoms with Crippen molar-refractivity contribution in [3.05, 3.63) is 29.6 Å². The maximum atomic E-state index is 13.4. The summed E-state index contributed by atoms with van der Waals surface area (Å²) >= 11 is 3.49. The second-order valence-corrected chi connectivity index (χ2v) is 5.65. The first-order chi connectivity index (χ1) is 9.67. The number of ether oxygens (including phenoxy) is 1. The summed E-state index contributed by atoms with van der Waals surface area (Å²) in [6.07, 6.45) is 4.33. The summed E-state index contributed by atoms with van der Waals surface area (Å²) in [5, 5.41) is 0.775. The van der Waals surface area contributed by atoms with E-state index in [1.54, 1.807) is 0 Å². The normalized spacial score (nSPS) is 19.6. The van der Waals surface area contributed by atoms with E-state index in [0.29, 0.717) is 5.56 Å². The van der Waals surface area contributed by atoms with Gasteiger partial charge in [0.2, 0.25) is 0 Å². The zero-order chi connectivity index (χ0) is 14.5. The molecule has 0 N–H and O–H groups in total. The van der Waals surface area contributed by atoms with Crippen LogP contribution in [0, 0.1) is 5.82 Å². The van der Waals surface area contributed by atoms with Gasteiger partial charge in [0.15, 0.2) is 11.6 Å². The molecule has 110 valence electrons. The molecule has 1 unspecified atom stereocenters. The molecule has 1 fully saturated rings. The van der Waals surface area contributed by atoms with E-state index in [9.17, 15) is 9.18 Å². The van der Waals surface area contributed by atoms with Gasteiger partial charge >= 0.3 is 0 Å². The van der Waals surface area contributed by atoms with E-state index >= 15 is 0 Å². The molecule has 0 aliphatic carbocycles. The third-order valence-corrected chi connectivity index (χ3v) is 4.46. The van der Waals surface area contributed by atoms with Gasteiger partial charge in [-0.3, -0.25) is 4.79 Å². The monoisotopic (exact) mass is 343 g/mol. The fraction of sp³-hybridized carbons (Fsp3) is 0.533. The zero-order valence-electron chi connectivity index (χ0n) is 11.6. The highest BCUT2D eigenvalue weighted by atomic mass is 79.9. The first-order valence-corrected chi connectivity index (χ1v) is 8.00. The number of hydrogen-bond donors (Lipinski definition) is 0. The van der Waals surface area contributed by atoms with Crippen molar-refractivity contribution in [3.8, 4) is 5.75 Å². The molecule has 0 bridgehead atoms. The Morgan fingerprint density at radius 1 is 1.45 bits per heavy atom. The molecular weight excluding hydrogens is 325 g/mol. The van der Waals surface area contributed by atoms with Gasteiger partial charge in [-0.05, 0) is 31.0 Å². The number of nitrogens with zero attached hydrogens (tertiary/aromatic N) is 1. The summed E-state index contributed by atoms with van der Waals surface area (Å²) in [5.41, 5.74) is 0.483. The van der Waals surface area contributed by atoms with Gasteiger partial charge in [-0.15, -0.1) is 0 Å². The number of hydrogen-bond acceptors (Lipinski definition) is 2. The number of benzene rings is 1. The Morgan fingerprint density at radius 3 is 2.95 bits per heavy atom. The van der Waals surface area contributed by atoms with Gasteiger partial charge in [0.25, 0.3) is 5.91 Å². The molecule has 1 aromatic rings. The van der Waals surface area contributed by atoms with Crippen LogP contribution in [0.3, 0.4) is 0 Å². The van der Waals surface area contributed by atoms with Gasteiger partial charge in [-0.2, -0.15) is 0 Å². The highest BCUT2D eigenvalue weighted by molar-refractivity contribution is 9.09. The van der Waals surface area contributed by atoms with Crippen molar-refractivity contribution in [1.82, 2.24) is 4.90 Å². The quantitative estimate of drug-likeness (QED) is 0.784. The minimum atomic E-state index is -0.447. The third kappa shape index (κ3) is 3.32. The lowest BCUT2D eigenvalue weighted by Crippen LogP contribution is -2.41. The molecule has 0 spiro atoms. The number of amides is 1. The Morgan fingerprint density at radius 2 is 2.25 bits per heavy atom. The molecule has 1 saturated heterocycles. The Bertz CT molecular complexity index is 481. The van der Waals surface area contributed by atoms with Crippen molar-refractivity contribution in [2.45, 2.75) is 31.7 Å². The van der Waals surface area contributed by atoms with Crippen LogP contribution in [0.1, 0.15) is 36.0 Å². The van der Waals surface area contributed by atoms with Crippen LogP contribution >= 0.6 is 15.9 Å². The molecule has 20 heavy (non-hydrogen) atoms. The van der Waals surface area contributed by atoms with Crippen LogP contribution in [-0.2, 0) is 0 Å². The Balaban J connectivity index is 2.24. The minimum absolute atomic E-state index is 0.0466. The summed E-state index contributed by atoms with van der Waals surface area (Å²) < 4.78 is 18.4. The molecule has 1 aromatic carbocycles. The highest BCUT2D eigenvalue weighted by Gasteiger charge is 2.26. The van der Waals surface area contributed by atoms with E-state index in [2.05, 4.69) is 15.9 Å². The van der Waals surface area contributed by atoms with Crippen LogP contribution in [0.15, 0.2) is 18.2 Å². The molecule has 3 nitrogen and oxygen atoms in total. The Labute approximate surface area is 127 Å². The maximum Gasteiger partial charge on any atom is 0.254 e. The summed E-state index contributed by atoms with van der Waals surface area (Å²) in [4.78, 5) is 14.5. The summed E-state index contributed by atoms with van der Waals surface area (Å²) in [7, 11) is 1.40. The Kier molecular flexibility index (Phi) is 5.40. The van der Waals surface area contributed by atoms with Gasteiger partial charge in [0.1, 0.15) is 0 Å². The SMILES string of the molecule is COc1cc(C(=O)N2CCCCCC2CBr)ccc1F. The predicted octanol–water partition coefficient (Wildman–Crippen LogP) is 3.61. The van der Waals surface area contributed by atoms with Crippen molar-refractivity contribution < 1.29 is 13.9 Å². The van der Waals surface area contributed by atoms with Gasteiger partial charge in [-0.25, -0.2) is 4.39 Å². The number of alkyl halides is 1. The molecule has 2 rings (SSSR count). The number of halogens is 2. The average molecular weight is 344 g/mol. The van der Waals surface area contributed by atoms with E-state index in [4.69, 9.17) is 4.74 Å². The number of likely N-dealkylation sites (tertiary alicyclic amines) is 1. The van der Waals surface area contributed by atoms with Crippen LogP contribution in [0.4, 0.5) is 4.39 Å². The summed E-state index contributed by atoms with van der Waals surface area (Å²) in [6.45, 7) is 0.759. The molecule has 1 atom stereocenters. The summed E-state index contributed by atoms with van der Waals surface area (Å²) in [6, 6.07) is 4.50. The fourth-order valence-electron chi connectivity index (χ4n) is 2.56. The third-order valence-electron chi connectivity index (χ3n) is 3.71. The number of carbonyl (C=O) groups is 1. The summed E-state index contributed by atoms with van der Waals surface area (Å²) in [5.74, 6) is -0.382. The number of rotatable bonds is 3. The second kappa shape index (κ2) is 7.07. The molecule has 0 saturated carbocycles. The van der Waals surface area contributed by atoms with Crippen molar-refractivity contribution in [2.24, 2.45) is 0 Å². The molecule has 5 heteroatoms. The van der Waals surface area contributed by atoms with Crippen LogP contribution in [0.25, 0.3) is 0 Å². The van der Waals surface area contributed by atoms with E-state index in [1.165, 1.54) is 25.3 Å². The lowest BCUT2D eigenvalue weighted by molar-refractivity contribution is 0.0702. The van der Waals surface area contributed by atoms with E-state index in [1.807, 2.05) is 4.90 Å². The Hall–Kier alpha value is -1.10. The average Bonchev–Trinajstić information content (AvgIpc) is 2.72. The van der Waals surface area contributed by atoms with E-state index in [0.717, 1.165) is 37.6 Å².